The summed E-state index contributed by atoms with van der Waals surface area (Å²) in [5.41, 5.74) is 3.28. The van der Waals surface area contributed by atoms with Gasteiger partial charge in [0.15, 0.2) is 6.10 Å². The van der Waals surface area contributed by atoms with Crippen molar-refractivity contribution in [3.8, 4) is 0 Å². The van der Waals surface area contributed by atoms with Crippen LogP contribution < -0.4 is 16.0 Å². The molecule has 0 saturated heterocycles. The van der Waals surface area contributed by atoms with E-state index in [0.717, 1.165) is 35.3 Å². The minimum atomic E-state index is -1.96. The molecule has 4 aromatic rings. The Hall–Kier alpha value is -4.43. The third-order valence-electron chi connectivity index (χ3n) is 8.13. The van der Waals surface area contributed by atoms with E-state index >= 15 is 0 Å². The monoisotopic (exact) mass is 659 g/mol. The van der Waals surface area contributed by atoms with Gasteiger partial charge >= 0.3 is 0 Å². The van der Waals surface area contributed by atoms with E-state index in [1.807, 2.05) is 91.0 Å². The number of pyridine rings is 2. The SMILES string of the molecule is O=C(NCCCCCNc1ccccc1[C@@H](Nc1ccccn1)[C@H](c1ccccn1)[C@H](O)c1ccccc1)[C@H](O)[C@@H](O)[C@H](O)[C@H](O)CO. The van der Waals surface area contributed by atoms with Crippen molar-refractivity contribution < 1.29 is 35.4 Å². The predicted molar refractivity (Wildman–Crippen MR) is 182 cm³/mol. The molecule has 0 spiro atoms. The van der Waals surface area contributed by atoms with Gasteiger partial charge in [-0.3, -0.25) is 9.78 Å². The predicted octanol–water partition coefficient (Wildman–Crippen LogP) is 2.28. The summed E-state index contributed by atoms with van der Waals surface area (Å²) in [7, 11) is 0. The van der Waals surface area contributed by atoms with Gasteiger partial charge in [0.25, 0.3) is 5.91 Å². The highest BCUT2D eigenvalue weighted by Crippen LogP contribution is 2.43. The summed E-state index contributed by atoms with van der Waals surface area (Å²) < 4.78 is 0. The molecule has 1 amide bonds. The highest BCUT2D eigenvalue weighted by atomic mass is 16.4. The number of unbranched alkanes of at least 4 members (excludes halogenated alkanes) is 2. The molecule has 0 unspecified atom stereocenters. The number of aliphatic hydroxyl groups is 6. The first-order valence-corrected chi connectivity index (χ1v) is 16.1. The molecular formula is C36H45N5O7. The van der Waals surface area contributed by atoms with Crippen LogP contribution in [0, 0.1) is 0 Å². The minimum Gasteiger partial charge on any atom is -0.394 e. The van der Waals surface area contributed by atoms with Crippen LogP contribution in [0.4, 0.5) is 11.5 Å². The zero-order valence-corrected chi connectivity index (χ0v) is 26.6. The number of aliphatic hydroxyl groups excluding tert-OH is 6. The van der Waals surface area contributed by atoms with E-state index < -0.39 is 55.0 Å². The summed E-state index contributed by atoms with van der Waals surface area (Å²) in [6.45, 7) is 0.0212. The fraction of sp³-hybridized carbons (Fsp3) is 0.361. The Morgan fingerprint density at radius 2 is 1.38 bits per heavy atom. The fourth-order valence-corrected chi connectivity index (χ4v) is 5.49. The summed E-state index contributed by atoms with van der Waals surface area (Å²) in [6, 6.07) is 28.3. The number of benzene rings is 2. The van der Waals surface area contributed by atoms with Crippen molar-refractivity contribution in [3.63, 3.8) is 0 Å². The Kier molecular flexibility index (Phi) is 14.3. The van der Waals surface area contributed by atoms with Crippen molar-refractivity contribution in [2.45, 2.75) is 61.7 Å². The Labute approximate surface area is 280 Å². The van der Waals surface area contributed by atoms with Crippen LogP contribution in [0.15, 0.2) is 103 Å². The van der Waals surface area contributed by atoms with Crippen LogP contribution in [-0.2, 0) is 4.79 Å². The normalized spacial score (nSPS) is 15.7. The van der Waals surface area contributed by atoms with Gasteiger partial charge in [0, 0.05) is 36.9 Å². The van der Waals surface area contributed by atoms with Crippen LogP contribution in [-0.4, -0.2) is 90.6 Å². The average Bonchev–Trinajstić information content (AvgIpc) is 3.14. The molecule has 4 rings (SSSR count). The van der Waals surface area contributed by atoms with E-state index in [0.29, 0.717) is 18.8 Å². The van der Waals surface area contributed by atoms with Crippen LogP contribution in [0.2, 0.25) is 0 Å². The van der Waals surface area contributed by atoms with Crippen molar-refractivity contribution in [3.05, 3.63) is 120 Å². The second-order valence-electron chi connectivity index (χ2n) is 11.5. The Bertz CT molecular complexity index is 1500. The molecule has 12 nitrogen and oxygen atoms in total. The first kappa shape index (κ1) is 36.4. The Morgan fingerprint density at radius 3 is 2.06 bits per heavy atom. The van der Waals surface area contributed by atoms with Gasteiger partial charge in [-0.15, -0.1) is 0 Å². The molecule has 0 fully saturated rings. The number of hydrogen-bond acceptors (Lipinski definition) is 11. The zero-order chi connectivity index (χ0) is 34.3. The number of aromatic nitrogens is 2. The number of amides is 1. The summed E-state index contributed by atoms with van der Waals surface area (Å²) in [4.78, 5) is 21.4. The molecule has 2 aromatic carbocycles. The van der Waals surface area contributed by atoms with E-state index in [9.17, 15) is 30.3 Å². The van der Waals surface area contributed by atoms with Crippen LogP contribution in [0.1, 0.15) is 54.1 Å². The van der Waals surface area contributed by atoms with E-state index in [4.69, 9.17) is 5.11 Å². The van der Waals surface area contributed by atoms with Gasteiger partial charge in [0.05, 0.1) is 24.7 Å². The molecule has 48 heavy (non-hydrogen) atoms. The molecule has 2 aromatic heterocycles. The standard InChI is InChI=1S/C36H45N5O7/c42-23-28(43)33(45)34(46)35(47)36(48)40-22-10-2-9-19-37-26-16-6-5-15-25(26)31(41-29-18-8-12-21-39-29)30(27-17-7-11-20-38-27)32(44)24-13-3-1-4-14-24/h1,3-8,11-18,20-21,28,30-35,37,42-47H,2,9-10,19,22-23H2,(H,39,41)(H,40,48)/t28-,30+,31-,32-,33-,34+,35-/m1/s1. The van der Waals surface area contributed by atoms with Gasteiger partial charge in [-0.2, -0.15) is 0 Å². The van der Waals surface area contributed by atoms with Crippen molar-refractivity contribution in [2.75, 3.05) is 30.3 Å². The second-order valence-corrected chi connectivity index (χ2v) is 11.5. The zero-order valence-electron chi connectivity index (χ0n) is 26.6. The fourth-order valence-electron chi connectivity index (χ4n) is 5.49. The Morgan fingerprint density at radius 1 is 0.708 bits per heavy atom. The van der Waals surface area contributed by atoms with E-state index in [-0.39, 0.29) is 6.54 Å². The largest absolute Gasteiger partial charge is 0.394 e. The van der Waals surface area contributed by atoms with Crippen molar-refractivity contribution >= 4 is 17.4 Å². The maximum atomic E-state index is 12.2. The van der Waals surface area contributed by atoms with Crippen molar-refractivity contribution in [1.82, 2.24) is 15.3 Å². The van der Waals surface area contributed by atoms with Gasteiger partial charge < -0.3 is 46.6 Å². The molecule has 7 atom stereocenters. The molecule has 9 N–H and O–H groups in total. The van der Waals surface area contributed by atoms with Crippen LogP contribution in [0.3, 0.4) is 0 Å². The number of carbonyl (C=O) groups excluding carboxylic acids is 1. The summed E-state index contributed by atoms with van der Waals surface area (Å²) in [5, 5.41) is 69.5. The highest BCUT2D eigenvalue weighted by molar-refractivity contribution is 5.81. The lowest BCUT2D eigenvalue weighted by Crippen LogP contribution is -2.51. The number of para-hydroxylation sites is 1. The van der Waals surface area contributed by atoms with Gasteiger partial charge in [-0.1, -0.05) is 60.7 Å². The van der Waals surface area contributed by atoms with Gasteiger partial charge in [0.2, 0.25) is 0 Å². The molecule has 0 aliphatic carbocycles. The first-order valence-electron chi connectivity index (χ1n) is 16.1. The molecule has 0 saturated carbocycles. The van der Waals surface area contributed by atoms with Crippen LogP contribution in [0.25, 0.3) is 0 Å². The van der Waals surface area contributed by atoms with Crippen molar-refractivity contribution in [2.24, 2.45) is 0 Å². The number of carbonyl (C=O) groups is 1. The van der Waals surface area contributed by atoms with Crippen LogP contribution in [0.5, 0.6) is 0 Å². The quantitative estimate of drug-likeness (QED) is 0.0669. The lowest BCUT2D eigenvalue weighted by molar-refractivity contribution is -0.148. The number of rotatable bonds is 19. The molecule has 12 heteroatoms. The van der Waals surface area contributed by atoms with E-state index in [1.165, 1.54) is 0 Å². The summed E-state index contributed by atoms with van der Waals surface area (Å²) in [5.74, 6) is -0.730. The number of hydrogen-bond donors (Lipinski definition) is 9. The molecule has 0 aliphatic rings. The maximum Gasteiger partial charge on any atom is 0.251 e. The molecule has 2 heterocycles. The minimum absolute atomic E-state index is 0.233. The summed E-state index contributed by atoms with van der Waals surface area (Å²) >= 11 is 0. The Balaban J connectivity index is 1.44. The van der Waals surface area contributed by atoms with Gasteiger partial charge in [-0.05, 0) is 60.7 Å². The molecular weight excluding hydrogens is 614 g/mol. The lowest BCUT2D eigenvalue weighted by Gasteiger charge is -2.33. The number of nitrogens with one attached hydrogen (secondary N) is 3. The van der Waals surface area contributed by atoms with Crippen molar-refractivity contribution in [1.29, 1.82) is 0 Å². The van der Waals surface area contributed by atoms with E-state index in [2.05, 4.69) is 25.9 Å². The van der Waals surface area contributed by atoms with Gasteiger partial charge in [0.1, 0.15) is 24.1 Å². The second kappa shape index (κ2) is 18.8. The number of anilines is 2. The summed E-state index contributed by atoms with van der Waals surface area (Å²) in [6.07, 6.45) is -2.84. The number of nitrogens with zero attached hydrogens (tertiary/aromatic N) is 2. The smallest absolute Gasteiger partial charge is 0.251 e. The third-order valence-corrected chi connectivity index (χ3v) is 8.13. The highest BCUT2D eigenvalue weighted by Gasteiger charge is 2.35. The lowest BCUT2D eigenvalue weighted by atomic mass is 9.82. The molecule has 0 bridgehead atoms. The molecule has 256 valence electrons. The third kappa shape index (κ3) is 10.0. The van der Waals surface area contributed by atoms with E-state index in [1.54, 1.807) is 12.4 Å². The molecule has 0 radical (unpaired) electrons. The first-order chi connectivity index (χ1) is 23.3. The average molecular weight is 660 g/mol. The van der Waals surface area contributed by atoms with Crippen LogP contribution >= 0.6 is 0 Å². The topological polar surface area (TPSA) is 200 Å². The maximum absolute atomic E-state index is 12.2. The molecule has 0 aliphatic heterocycles. The van der Waals surface area contributed by atoms with Gasteiger partial charge in [-0.25, -0.2) is 4.98 Å².